The minimum atomic E-state index is 0.0827. The van der Waals surface area contributed by atoms with Gasteiger partial charge in [-0.25, -0.2) is 9.97 Å². The fraction of sp³-hybridized carbons (Fsp3) is 0.143. The number of nitrogens with one attached hydrogen (secondary N) is 1. The molecule has 0 saturated heterocycles. The van der Waals surface area contributed by atoms with E-state index in [4.69, 9.17) is 20.3 Å². The van der Waals surface area contributed by atoms with Gasteiger partial charge in [-0.2, -0.15) is 5.26 Å². The maximum absolute atomic E-state index is 8.98. The summed E-state index contributed by atoms with van der Waals surface area (Å²) in [6.07, 6.45) is 0. The van der Waals surface area contributed by atoms with Gasteiger partial charge in [0.05, 0.1) is 24.9 Å². The zero-order valence-corrected chi connectivity index (χ0v) is 15.9. The third-order valence-electron chi connectivity index (χ3n) is 4.56. The smallest absolute Gasteiger partial charge is 0.183 e. The lowest BCUT2D eigenvalue weighted by molar-refractivity contribution is 0.388. The SMILES string of the molecule is COc1ccc2ccccc2c1-c1cc(CNc2nc(N)c(C#N)nc2C)on1. The molecule has 144 valence electrons. The van der Waals surface area contributed by atoms with Crippen LogP contribution in [0, 0.1) is 18.3 Å². The van der Waals surface area contributed by atoms with E-state index in [-0.39, 0.29) is 11.5 Å². The molecule has 2 aromatic carbocycles. The number of nitrogen functional groups attached to an aromatic ring is 1. The first kappa shape index (κ1) is 18.3. The molecular weight excluding hydrogens is 368 g/mol. The Balaban J connectivity index is 1.63. The van der Waals surface area contributed by atoms with Crippen LogP contribution in [-0.4, -0.2) is 22.2 Å². The second-order valence-corrected chi connectivity index (χ2v) is 6.40. The summed E-state index contributed by atoms with van der Waals surface area (Å²) in [5, 5.41) is 18.5. The number of nitrogens with zero attached hydrogens (tertiary/aromatic N) is 4. The molecule has 0 amide bonds. The van der Waals surface area contributed by atoms with Gasteiger partial charge < -0.3 is 20.3 Å². The molecule has 0 atom stereocenters. The van der Waals surface area contributed by atoms with Gasteiger partial charge in [0.1, 0.15) is 23.3 Å². The Morgan fingerprint density at radius 2 is 2.03 bits per heavy atom. The van der Waals surface area contributed by atoms with E-state index >= 15 is 0 Å². The molecule has 0 aliphatic carbocycles. The maximum Gasteiger partial charge on any atom is 0.183 e. The van der Waals surface area contributed by atoms with Crippen LogP contribution in [0.1, 0.15) is 17.1 Å². The molecule has 0 unspecified atom stereocenters. The number of aryl methyl sites for hydroxylation is 1. The zero-order chi connectivity index (χ0) is 20.4. The third kappa shape index (κ3) is 3.41. The van der Waals surface area contributed by atoms with E-state index < -0.39 is 0 Å². The summed E-state index contributed by atoms with van der Waals surface area (Å²) in [5.41, 5.74) is 7.99. The minimum absolute atomic E-state index is 0.0827. The normalized spacial score (nSPS) is 10.7. The summed E-state index contributed by atoms with van der Waals surface area (Å²) in [5.74, 6) is 1.90. The summed E-state index contributed by atoms with van der Waals surface area (Å²) >= 11 is 0. The Labute approximate surface area is 166 Å². The molecule has 29 heavy (non-hydrogen) atoms. The maximum atomic E-state index is 8.98. The zero-order valence-electron chi connectivity index (χ0n) is 15.9. The molecule has 0 aliphatic rings. The van der Waals surface area contributed by atoms with Gasteiger partial charge >= 0.3 is 0 Å². The van der Waals surface area contributed by atoms with Gasteiger partial charge in [-0.15, -0.1) is 0 Å². The molecule has 8 nitrogen and oxygen atoms in total. The second kappa shape index (κ2) is 7.48. The van der Waals surface area contributed by atoms with Crippen LogP contribution in [0.2, 0.25) is 0 Å². The van der Waals surface area contributed by atoms with Gasteiger partial charge in [-0.05, 0) is 23.8 Å². The van der Waals surface area contributed by atoms with Crippen LogP contribution in [0.5, 0.6) is 5.75 Å². The van der Waals surface area contributed by atoms with E-state index in [0.29, 0.717) is 29.5 Å². The van der Waals surface area contributed by atoms with Gasteiger partial charge in [-0.3, -0.25) is 0 Å². The van der Waals surface area contributed by atoms with Crippen molar-refractivity contribution in [1.82, 2.24) is 15.1 Å². The van der Waals surface area contributed by atoms with E-state index in [1.54, 1.807) is 14.0 Å². The largest absolute Gasteiger partial charge is 0.496 e. The lowest BCUT2D eigenvalue weighted by atomic mass is 10.0. The van der Waals surface area contributed by atoms with Crippen molar-refractivity contribution in [3.05, 3.63) is 59.6 Å². The number of hydrogen-bond donors (Lipinski definition) is 2. The molecule has 0 spiro atoms. The van der Waals surface area contributed by atoms with E-state index in [2.05, 4.69) is 20.4 Å². The van der Waals surface area contributed by atoms with Crippen molar-refractivity contribution in [1.29, 1.82) is 5.26 Å². The van der Waals surface area contributed by atoms with Crippen LogP contribution in [0.15, 0.2) is 47.0 Å². The molecule has 8 heteroatoms. The number of nitriles is 1. The molecule has 3 N–H and O–H groups in total. The van der Waals surface area contributed by atoms with Crippen LogP contribution in [0.4, 0.5) is 11.6 Å². The quantitative estimate of drug-likeness (QED) is 0.532. The van der Waals surface area contributed by atoms with Crippen LogP contribution in [0.25, 0.3) is 22.0 Å². The Kier molecular flexibility index (Phi) is 4.71. The number of benzene rings is 2. The molecule has 0 fully saturated rings. The fourth-order valence-electron chi connectivity index (χ4n) is 3.15. The predicted octanol–water partition coefficient (Wildman–Crippen LogP) is 3.67. The Bertz CT molecular complexity index is 1240. The van der Waals surface area contributed by atoms with Gasteiger partial charge in [0.15, 0.2) is 17.3 Å². The summed E-state index contributed by atoms with van der Waals surface area (Å²) in [4.78, 5) is 8.33. The Morgan fingerprint density at radius 3 is 2.83 bits per heavy atom. The first-order valence-corrected chi connectivity index (χ1v) is 8.90. The number of hydrogen-bond acceptors (Lipinski definition) is 8. The summed E-state index contributed by atoms with van der Waals surface area (Å²) < 4.78 is 11.0. The average molecular weight is 386 g/mol. The van der Waals surface area contributed by atoms with Crippen molar-refractivity contribution in [3.63, 3.8) is 0 Å². The number of nitrogens with two attached hydrogens (primary N) is 1. The fourth-order valence-corrected chi connectivity index (χ4v) is 3.15. The van der Waals surface area contributed by atoms with Crippen LogP contribution >= 0.6 is 0 Å². The summed E-state index contributed by atoms with van der Waals surface area (Å²) in [6.45, 7) is 2.09. The minimum Gasteiger partial charge on any atom is -0.496 e. The Hall–Kier alpha value is -4.12. The lowest BCUT2D eigenvalue weighted by Gasteiger charge is -2.09. The molecule has 0 bridgehead atoms. The van der Waals surface area contributed by atoms with Crippen LogP contribution in [0.3, 0.4) is 0 Å². The van der Waals surface area contributed by atoms with E-state index in [1.807, 2.05) is 48.5 Å². The monoisotopic (exact) mass is 386 g/mol. The van der Waals surface area contributed by atoms with E-state index in [1.165, 1.54) is 0 Å². The van der Waals surface area contributed by atoms with E-state index in [0.717, 1.165) is 22.1 Å². The number of rotatable bonds is 5. The van der Waals surface area contributed by atoms with Crippen molar-refractivity contribution >= 4 is 22.4 Å². The molecule has 0 aliphatic heterocycles. The molecule has 2 aromatic heterocycles. The van der Waals surface area contributed by atoms with Crippen LogP contribution < -0.4 is 15.8 Å². The number of fused-ring (bicyclic) bond motifs is 1. The van der Waals surface area contributed by atoms with Gasteiger partial charge in [-0.1, -0.05) is 35.5 Å². The first-order valence-electron chi connectivity index (χ1n) is 8.90. The van der Waals surface area contributed by atoms with Crippen molar-refractivity contribution in [2.45, 2.75) is 13.5 Å². The first-order chi connectivity index (χ1) is 14.1. The molecule has 2 heterocycles. The molecule has 0 saturated carbocycles. The molecule has 4 rings (SSSR count). The van der Waals surface area contributed by atoms with Crippen molar-refractivity contribution in [2.24, 2.45) is 0 Å². The number of aromatic nitrogens is 3. The summed E-state index contributed by atoms with van der Waals surface area (Å²) in [6, 6.07) is 15.7. The number of methoxy groups -OCH3 is 1. The highest BCUT2D eigenvalue weighted by molar-refractivity contribution is 5.98. The second-order valence-electron chi connectivity index (χ2n) is 6.40. The predicted molar refractivity (Wildman–Crippen MR) is 109 cm³/mol. The van der Waals surface area contributed by atoms with Gasteiger partial charge in [0.25, 0.3) is 0 Å². The summed E-state index contributed by atoms with van der Waals surface area (Å²) in [7, 11) is 1.63. The highest BCUT2D eigenvalue weighted by Crippen LogP contribution is 2.36. The molecular formula is C21H18N6O2. The van der Waals surface area contributed by atoms with Crippen LogP contribution in [-0.2, 0) is 6.54 Å². The van der Waals surface area contributed by atoms with Gasteiger partial charge in [0, 0.05) is 6.07 Å². The van der Waals surface area contributed by atoms with E-state index in [9.17, 15) is 0 Å². The van der Waals surface area contributed by atoms with Crippen molar-refractivity contribution < 1.29 is 9.26 Å². The highest BCUT2D eigenvalue weighted by Gasteiger charge is 2.16. The third-order valence-corrected chi connectivity index (χ3v) is 4.56. The van der Waals surface area contributed by atoms with Gasteiger partial charge in [0.2, 0.25) is 0 Å². The molecule has 0 radical (unpaired) electrons. The lowest BCUT2D eigenvalue weighted by Crippen LogP contribution is -2.08. The molecule has 4 aromatic rings. The number of ether oxygens (including phenoxy) is 1. The van der Waals surface area contributed by atoms with Crippen molar-refractivity contribution in [3.8, 4) is 23.1 Å². The van der Waals surface area contributed by atoms with Crippen molar-refractivity contribution in [2.75, 3.05) is 18.2 Å². The topological polar surface area (TPSA) is 123 Å². The highest BCUT2D eigenvalue weighted by atomic mass is 16.5. The Morgan fingerprint density at radius 1 is 1.21 bits per heavy atom. The average Bonchev–Trinajstić information content (AvgIpc) is 3.21. The number of anilines is 2. The standard InChI is InChI=1S/C21H18N6O2/c1-12-21(26-20(23)17(10-22)25-12)24-11-14-9-16(27-29-14)19-15-6-4-3-5-13(15)7-8-18(19)28-2/h3-9H,11H2,1-2H3,(H3,23,24,26).